The molecular weight excluding hydrogens is 316 g/mol. The molecule has 1 amide bonds. The maximum Gasteiger partial charge on any atom is 0.410 e. The zero-order chi connectivity index (χ0) is 17.1. The first-order chi connectivity index (χ1) is 10.7. The molecule has 128 valence electrons. The minimum Gasteiger partial charge on any atom is -0.444 e. The van der Waals surface area contributed by atoms with Crippen LogP contribution in [0.1, 0.15) is 33.6 Å². The van der Waals surface area contributed by atoms with E-state index >= 15 is 0 Å². The third-order valence-corrected chi connectivity index (χ3v) is 4.03. The summed E-state index contributed by atoms with van der Waals surface area (Å²) in [7, 11) is 0. The van der Waals surface area contributed by atoms with Gasteiger partial charge in [-0.3, -0.25) is 0 Å². The maximum atomic E-state index is 12.0. The Balaban J connectivity index is 1.83. The highest BCUT2D eigenvalue weighted by atomic mass is 35.5. The zero-order valence-electron chi connectivity index (χ0n) is 13.9. The highest BCUT2D eigenvalue weighted by Crippen LogP contribution is 2.25. The first-order valence-electron chi connectivity index (χ1n) is 7.87. The molecule has 1 fully saturated rings. The summed E-state index contributed by atoms with van der Waals surface area (Å²) in [6, 6.07) is 7.40. The Labute approximate surface area is 142 Å². The van der Waals surface area contributed by atoms with Gasteiger partial charge in [0.1, 0.15) is 5.60 Å². The van der Waals surface area contributed by atoms with Gasteiger partial charge in [0.05, 0.1) is 5.60 Å². The van der Waals surface area contributed by atoms with Gasteiger partial charge in [-0.25, -0.2) is 4.79 Å². The van der Waals surface area contributed by atoms with Crippen molar-refractivity contribution in [3.05, 3.63) is 29.3 Å². The number of halogens is 1. The van der Waals surface area contributed by atoms with Gasteiger partial charge < -0.3 is 20.1 Å². The molecule has 1 aliphatic heterocycles. The zero-order valence-corrected chi connectivity index (χ0v) is 14.7. The second-order valence-electron chi connectivity index (χ2n) is 7.06. The Morgan fingerprint density at radius 3 is 2.61 bits per heavy atom. The minimum absolute atomic E-state index is 0.317. The summed E-state index contributed by atoms with van der Waals surface area (Å²) in [5.74, 6) is 0. The SMILES string of the molecule is CC(C)(C)OC(=O)N1CCC(O)(CNc2cccc(Cl)c2)CC1. The fourth-order valence-corrected chi connectivity index (χ4v) is 2.66. The lowest BCUT2D eigenvalue weighted by atomic mass is 9.91. The number of amides is 1. The number of likely N-dealkylation sites (tertiary alicyclic amines) is 1. The number of hydrogen-bond acceptors (Lipinski definition) is 4. The quantitative estimate of drug-likeness (QED) is 0.883. The van der Waals surface area contributed by atoms with Crippen molar-refractivity contribution in [1.29, 1.82) is 0 Å². The Hall–Kier alpha value is -1.46. The molecule has 0 unspecified atom stereocenters. The number of ether oxygens (including phenoxy) is 1. The summed E-state index contributed by atoms with van der Waals surface area (Å²) in [5, 5.41) is 14.5. The fraction of sp³-hybridized carbons (Fsp3) is 0.588. The summed E-state index contributed by atoms with van der Waals surface area (Å²) in [6.45, 7) is 6.95. The average Bonchev–Trinajstić information content (AvgIpc) is 2.44. The van der Waals surface area contributed by atoms with Gasteiger partial charge in [0.15, 0.2) is 0 Å². The van der Waals surface area contributed by atoms with Gasteiger partial charge >= 0.3 is 6.09 Å². The Kier molecular flexibility index (Phi) is 5.42. The predicted molar refractivity (Wildman–Crippen MR) is 91.9 cm³/mol. The van der Waals surface area contributed by atoms with E-state index in [9.17, 15) is 9.90 Å². The number of hydrogen-bond donors (Lipinski definition) is 2. The Morgan fingerprint density at radius 2 is 2.04 bits per heavy atom. The molecule has 0 aliphatic carbocycles. The molecule has 23 heavy (non-hydrogen) atoms. The van der Waals surface area contributed by atoms with E-state index in [4.69, 9.17) is 16.3 Å². The summed E-state index contributed by atoms with van der Waals surface area (Å²) >= 11 is 5.95. The van der Waals surface area contributed by atoms with Gasteiger partial charge in [0, 0.05) is 30.3 Å². The van der Waals surface area contributed by atoms with E-state index in [0.717, 1.165) is 5.69 Å². The van der Waals surface area contributed by atoms with Gasteiger partial charge in [-0.05, 0) is 51.8 Å². The molecule has 5 nitrogen and oxygen atoms in total. The number of carbonyl (C=O) groups is 1. The molecular formula is C17H25ClN2O3. The van der Waals surface area contributed by atoms with E-state index in [2.05, 4.69) is 5.32 Å². The first-order valence-corrected chi connectivity index (χ1v) is 8.24. The normalized spacial score (nSPS) is 17.7. The largest absolute Gasteiger partial charge is 0.444 e. The van der Waals surface area contributed by atoms with Crippen LogP contribution >= 0.6 is 11.6 Å². The van der Waals surface area contributed by atoms with Crippen molar-refractivity contribution in [2.75, 3.05) is 25.0 Å². The lowest BCUT2D eigenvalue weighted by Crippen LogP contribution is -2.50. The van der Waals surface area contributed by atoms with Crippen molar-refractivity contribution in [3.8, 4) is 0 Å². The molecule has 0 saturated carbocycles. The predicted octanol–water partition coefficient (Wildman–Crippen LogP) is 3.51. The Morgan fingerprint density at radius 1 is 1.39 bits per heavy atom. The van der Waals surface area contributed by atoms with E-state index in [0.29, 0.717) is 37.5 Å². The molecule has 0 aromatic heterocycles. The van der Waals surface area contributed by atoms with Crippen LogP contribution in [0.25, 0.3) is 0 Å². The van der Waals surface area contributed by atoms with Crippen molar-refractivity contribution in [2.45, 2.75) is 44.8 Å². The molecule has 1 aliphatic rings. The van der Waals surface area contributed by atoms with Crippen LogP contribution in [0.3, 0.4) is 0 Å². The van der Waals surface area contributed by atoms with Crippen molar-refractivity contribution in [1.82, 2.24) is 4.90 Å². The lowest BCUT2D eigenvalue weighted by Gasteiger charge is -2.38. The van der Waals surface area contributed by atoms with Crippen LogP contribution in [0.5, 0.6) is 0 Å². The first kappa shape index (κ1) is 17.9. The monoisotopic (exact) mass is 340 g/mol. The Bertz CT molecular complexity index is 549. The van der Waals surface area contributed by atoms with Crippen LogP contribution < -0.4 is 5.32 Å². The number of nitrogens with one attached hydrogen (secondary N) is 1. The molecule has 0 atom stereocenters. The van der Waals surface area contributed by atoms with E-state index in [1.54, 1.807) is 11.0 Å². The summed E-state index contributed by atoms with van der Waals surface area (Å²) in [4.78, 5) is 13.7. The standard InChI is InChI=1S/C17H25ClN2O3/c1-16(2,3)23-15(21)20-9-7-17(22,8-10-20)12-19-14-6-4-5-13(18)11-14/h4-6,11,19,22H,7-10,12H2,1-3H3. The van der Waals surface area contributed by atoms with Crippen molar-refractivity contribution in [2.24, 2.45) is 0 Å². The van der Waals surface area contributed by atoms with E-state index < -0.39 is 11.2 Å². The van der Waals surface area contributed by atoms with Gasteiger partial charge in [0.25, 0.3) is 0 Å². The molecule has 6 heteroatoms. The second-order valence-corrected chi connectivity index (χ2v) is 7.49. The van der Waals surface area contributed by atoms with Gasteiger partial charge in [-0.15, -0.1) is 0 Å². The van der Waals surface area contributed by atoms with Crippen LogP contribution in [-0.2, 0) is 4.74 Å². The summed E-state index contributed by atoms with van der Waals surface area (Å²) < 4.78 is 5.36. The van der Waals surface area contributed by atoms with Crippen LogP contribution in [0.4, 0.5) is 10.5 Å². The lowest BCUT2D eigenvalue weighted by molar-refractivity contribution is -0.0244. The third-order valence-electron chi connectivity index (χ3n) is 3.79. The smallest absolute Gasteiger partial charge is 0.410 e. The van der Waals surface area contributed by atoms with E-state index in [1.807, 2.05) is 39.0 Å². The molecule has 1 aromatic rings. The number of aliphatic hydroxyl groups is 1. The number of piperidine rings is 1. The van der Waals surface area contributed by atoms with Crippen molar-refractivity contribution < 1.29 is 14.6 Å². The molecule has 0 bridgehead atoms. The third kappa shape index (κ3) is 5.59. The van der Waals surface area contributed by atoms with Crippen LogP contribution in [-0.4, -0.2) is 46.9 Å². The highest BCUT2D eigenvalue weighted by molar-refractivity contribution is 6.30. The topological polar surface area (TPSA) is 61.8 Å². The molecule has 0 radical (unpaired) electrons. The summed E-state index contributed by atoms with van der Waals surface area (Å²) in [5.41, 5.74) is -0.458. The summed E-state index contributed by atoms with van der Waals surface area (Å²) in [6.07, 6.45) is 0.710. The molecule has 2 rings (SSSR count). The van der Waals surface area contributed by atoms with Crippen molar-refractivity contribution in [3.63, 3.8) is 0 Å². The fourth-order valence-electron chi connectivity index (χ4n) is 2.47. The molecule has 2 N–H and O–H groups in total. The molecule has 1 heterocycles. The number of anilines is 1. The van der Waals surface area contributed by atoms with Crippen molar-refractivity contribution >= 4 is 23.4 Å². The number of carbonyl (C=O) groups excluding carboxylic acids is 1. The van der Waals surface area contributed by atoms with Gasteiger partial charge in [-0.1, -0.05) is 17.7 Å². The molecule has 1 saturated heterocycles. The van der Waals surface area contributed by atoms with Gasteiger partial charge in [0.2, 0.25) is 0 Å². The maximum absolute atomic E-state index is 12.0. The van der Waals surface area contributed by atoms with Crippen LogP contribution in [0.2, 0.25) is 5.02 Å². The van der Waals surface area contributed by atoms with Crippen LogP contribution in [0.15, 0.2) is 24.3 Å². The second kappa shape index (κ2) is 6.97. The van der Waals surface area contributed by atoms with Crippen LogP contribution in [0, 0.1) is 0 Å². The average molecular weight is 341 g/mol. The molecule has 1 aromatic carbocycles. The van der Waals surface area contributed by atoms with E-state index in [1.165, 1.54) is 0 Å². The van der Waals surface area contributed by atoms with E-state index in [-0.39, 0.29) is 6.09 Å². The number of nitrogens with zero attached hydrogens (tertiary/aromatic N) is 1. The minimum atomic E-state index is -0.833. The number of rotatable bonds is 3. The number of benzene rings is 1. The van der Waals surface area contributed by atoms with Gasteiger partial charge in [-0.2, -0.15) is 0 Å². The highest BCUT2D eigenvalue weighted by Gasteiger charge is 2.35. The molecule has 0 spiro atoms.